The molecule has 0 saturated carbocycles. The smallest absolute Gasteiger partial charge is 0.219 e. The maximum atomic E-state index is 5.73. The van der Waals surface area contributed by atoms with Gasteiger partial charge in [0.05, 0.1) is 12.2 Å². The van der Waals surface area contributed by atoms with Crippen LogP contribution in [0.25, 0.3) is 0 Å². The summed E-state index contributed by atoms with van der Waals surface area (Å²) in [5.41, 5.74) is 8.21. The van der Waals surface area contributed by atoms with Gasteiger partial charge < -0.3 is 20.0 Å². The standard InChI is InChI=1S/C8H7ClN2O2.C7H7ClN2O/c1-12-11-6-4-13-7-3-10-8(9)2-5(6)7;8-6-2-1-4-5(9)3-11-7(4)10-6/h2-3H,4H2,1H3;1-2,5H,3,9H2. The normalized spacial score (nSPS) is 18.8. The maximum Gasteiger partial charge on any atom is 0.219 e. The van der Waals surface area contributed by atoms with Crippen molar-refractivity contribution in [1.82, 2.24) is 9.97 Å². The van der Waals surface area contributed by atoms with Gasteiger partial charge in [-0.25, -0.2) is 9.97 Å². The molecule has 0 bridgehead atoms. The Bertz CT molecular complexity index is 785. The highest BCUT2D eigenvalue weighted by Gasteiger charge is 2.22. The third kappa shape index (κ3) is 3.53. The van der Waals surface area contributed by atoms with Crippen LogP contribution in [-0.4, -0.2) is 36.0 Å². The summed E-state index contributed by atoms with van der Waals surface area (Å²) < 4.78 is 10.5. The van der Waals surface area contributed by atoms with Crippen molar-refractivity contribution in [1.29, 1.82) is 0 Å². The second-order valence-corrected chi connectivity index (χ2v) is 5.73. The Kier molecular flexibility index (Phi) is 5.03. The van der Waals surface area contributed by atoms with Crippen LogP contribution in [0.1, 0.15) is 17.2 Å². The van der Waals surface area contributed by atoms with Crippen LogP contribution in [0.15, 0.2) is 29.6 Å². The molecule has 126 valence electrons. The van der Waals surface area contributed by atoms with E-state index in [0.29, 0.717) is 35.1 Å². The van der Waals surface area contributed by atoms with E-state index in [1.807, 2.05) is 6.07 Å². The summed E-state index contributed by atoms with van der Waals surface area (Å²) in [6.07, 6.45) is 1.58. The number of oxime groups is 1. The van der Waals surface area contributed by atoms with Crippen LogP contribution in [0.4, 0.5) is 0 Å². The first-order valence-electron chi connectivity index (χ1n) is 7.02. The van der Waals surface area contributed by atoms with Crippen LogP contribution in [-0.2, 0) is 4.84 Å². The van der Waals surface area contributed by atoms with Crippen LogP contribution in [0.3, 0.4) is 0 Å². The molecule has 24 heavy (non-hydrogen) atoms. The minimum atomic E-state index is -0.0465. The molecule has 2 N–H and O–H groups in total. The Morgan fingerprint density at radius 3 is 2.92 bits per heavy atom. The Labute approximate surface area is 148 Å². The number of halogens is 2. The van der Waals surface area contributed by atoms with Crippen molar-refractivity contribution >= 4 is 28.9 Å². The molecule has 2 aromatic heterocycles. The van der Waals surface area contributed by atoms with Crippen molar-refractivity contribution in [3.8, 4) is 11.6 Å². The maximum absolute atomic E-state index is 5.73. The zero-order valence-electron chi connectivity index (χ0n) is 12.7. The molecule has 9 heteroatoms. The first kappa shape index (κ1) is 16.8. The Morgan fingerprint density at radius 2 is 2.12 bits per heavy atom. The number of fused-ring (bicyclic) bond motifs is 2. The molecule has 7 nitrogen and oxygen atoms in total. The van der Waals surface area contributed by atoms with E-state index in [0.717, 1.165) is 16.8 Å². The molecule has 2 aliphatic rings. The average Bonchev–Trinajstić information content (AvgIpc) is 3.12. The summed E-state index contributed by atoms with van der Waals surface area (Å²) in [6.45, 7) is 0.911. The highest BCUT2D eigenvalue weighted by atomic mass is 35.5. The number of aromatic nitrogens is 2. The van der Waals surface area contributed by atoms with Gasteiger partial charge in [0.2, 0.25) is 5.88 Å². The quantitative estimate of drug-likeness (QED) is 0.614. The van der Waals surface area contributed by atoms with E-state index in [-0.39, 0.29) is 6.04 Å². The molecule has 1 unspecified atom stereocenters. The van der Waals surface area contributed by atoms with E-state index in [9.17, 15) is 0 Å². The van der Waals surface area contributed by atoms with Crippen molar-refractivity contribution in [2.75, 3.05) is 20.3 Å². The molecule has 0 saturated heterocycles. The Balaban J connectivity index is 0.000000143. The number of nitrogens with zero attached hydrogens (tertiary/aromatic N) is 3. The molecule has 0 aromatic carbocycles. The van der Waals surface area contributed by atoms with Crippen LogP contribution < -0.4 is 15.2 Å². The SMILES string of the molecule is CON=C1COc2cnc(Cl)cc21.NC1COc2nc(Cl)ccc21. The van der Waals surface area contributed by atoms with Crippen molar-refractivity contribution in [3.63, 3.8) is 0 Å². The van der Waals surface area contributed by atoms with Crippen LogP contribution >= 0.6 is 23.2 Å². The lowest BCUT2D eigenvalue weighted by molar-refractivity contribution is 0.211. The third-order valence-electron chi connectivity index (χ3n) is 3.37. The van der Waals surface area contributed by atoms with E-state index in [1.54, 1.807) is 18.3 Å². The largest absolute Gasteiger partial charge is 0.485 e. The van der Waals surface area contributed by atoms with E-state index >= 15 is 0 Å². The molecule has 0 spiro atoms. The minimum Gasteiger partial charge on any atom is -0.485 e. The lowest BCUT2D eigenvalue weighted by atomic mass is 10.2. The molecule has 4 rings (SSSR count). The van der Waals surface area contributed by atoms with Gasteiger partial charge in [0.25, 0.3) is 0 Å². The first-order chi connectivity index (χ1) is 11.6. The first-order valence-corrected chi connectivity index (χ1v) is 7.77. The van der Waals surface area contributed by atoms with Crippen molar-refractivity contribution in [2.24, 2.45) is 10.9 Å². The lowest BCUT2D eigenvalue weighted by Gasteiger charge is -1.97. The van der Waals surface area contributed by atoms with Gasteiger partial charge in [0, 0.05) is 11.1 Å². The summed E-state index contributed by atoms with van der Waals surface area (Å²) in [5, 5.41) is 4.68. The van der Waals surface area contributed by atoms with Crippen molar-refractivity contribution in [3.05, 3.63) is 45.8 Å². The van der Waals surface area contributed by atoms with Gasteiger partial charge in [-0.15, -0.1) is 0 Å². The second-order valence-electron chi connectivity index (χ2n) is 4.96. The molecular weight excluding hydrogens is 355 g/mol. The van der Waals surface area contributed by atoms with E-state index in [4.69, 9.17) is 38.4 Å². The number of ether oxygens (including phenoxy) is 2. The van der Waals surface area contributed by atoms with Gasteiger partial charge in [-0.3, -0.25) is 0 Å². The van der Waals surface area contributed by atoms with Gasteiger partial charge >= 0.3 is 0 Å². The Hall–Kier alpha value is -2.09. The van der Waals surface area contributed by atoms with Crippen LogP contribution in [0, 0.1) is 0 Å². The number of hydrogen-bond acceptors (Lipinski definition) is 7. The van der Waals surface area contributed by atoms with Crippen molar-refractivity contribution < 1.29 is 14.3 Å². The van der Waals surface area contributed by atoms with Crippen LogP contribution in [0.2, 0.25) is 10.3 Å². The summed E-state index contributed by atoms with van der Waals surface area (Å²) in [4.78, 5) is 12.5. The minimum absolute atomic E-state index is 0.0465. The third-order valence-corrected chi connectivity index (χ3v) is 3.78. The molecule has 0 amide bonds. The molecule has 2 aromatic rings. The summed E-state index contributed by atoms with van der Waals surface area (Å²) >= 11 is 11.4. The molecule has 0 aliphatic carbocycles. The molecule has 4 heterocycles. The van der Waals surface area contributed by atoms with Gasteiger partial charge in [-0.05, 0) is 18.2 Å². The zero-order chi connectivity index (χ0) is 17.1. The summed E-state index contributed by atoms with van der Waals surface area (Å²) in [7, 11) is 1.49. The summed E-state index contributed by atoms with van der Waals surface area (Å²) in [6, 6.07) is 5.23. The number of hydrogen-bond donors (Lipinski definition) is 1. The number of rotatable bonds is 1. The van der Waals surface area contributed by atoms with E-state index < -0.39 is 0 Å². The molecule has 1 atom stereocenters. The van der Waals surface area contributed by atoms with Gasteiger partial charge in [0.15, 0.2) is 0 Å². The van der Waals surface area contributed by atoms with E-state index in [2.05, 4.69) is 20.0 Å². The highest BCUT2D eigenvalue weighted by molar-refractivity contribution is 6.30. The topological polar surface area (TPSA) is 91.9 Å². The second kappa shape index (κ2) is 7.21. The number of pyridine rings is 2. The molecule has 0 radical (unpaired) electrons. The fraction of sp³-hybridized carbons (Fsp3) is 0.267. The summed E-state index contributed by atoms with van der Waals surface area (Å²) in [5.74, 6) is 1.27. The van der Waals surface area contributed by atoms with Gasteiger partial charge in [0.1, 0.15) is 42.1 Å². The lowest BCUT2D eigenvalue weighted by Crippen LogP contribution is -2.10. The fourth-order valence-corrected chi connectivity index (χ4v) is 2.55. The average molecular weight is 369 g/mol. The van der Waals surface area contributed by atoms with Crippen LogP contribution in [0.5, 0.6) is 11.6 Å². The van der Waals surface area contributed by atoms with Crippen molar-refractivity contribution in [2.45, 2.75) is 6.04 Å². The fourth-order valence-electron chi connectivity index (χ4n) is 2.25. The predicted octanol–water partition coefficient (Wildman–Crippen LogP) is 2.61. The van der Waals surface area contributed by atoms with Gasteiger partial charge in [-0.2, -0.15) is 0 Å². The van der Waals surface area contributed by atoms with Gasteiger partial charge in [-0.1, -0.05) is 28.4 Å². The monoisotopic (exact) mass is 368 g/mol. The molecular formula is C15H14Cl2N4O3. The zero-order valence-corrected chi connectivity index (χ0v) is 14.2. The predicted molar refractivity (Wildman–Crippen MR) is 90.0 cm³/mol. The van der Waals surface area contributed by atoms with E-state index in [1.165, 1.54) is 7.11 Å². The molecule has 2 aliphatic heterocycles. The highest BCUT2D eigenvalue weighted by Crippen LogP contribution is 2.29. The number of nitrogens with two attached hydrogens (primary N) is 1. The molecule has 0 fully saturated rings. The Morgan fingerprint density at radius 1 is 1.29 bits per heavy atom.